The smallest absolute Gasteiger partial charge is 0.410 e. The average molecular weight is 320 g/mol. The first-order valence-corrected chi connectivity index (χ1v) is 8.14. The highest BCUT2D eigenvalue weighted by atomic mass is 16.6. The van der Waals surface area contributed by atoms with Crippen LogP contribution in [-0.2, 0) is 4.74 Å². The molecule has 2 rings (SSSR count). The Balaban J connectivity index is 1.98. The highest BCUT2D eigenvalue weighted by Gasteiger charge is 2.32. The lowest BCUT2D eigenvalue weighted by molar-refractivity contribution is 0.0235. The lowest BCUT2D eigenvalue weighted by Crippen LogP contribution is -2.42. The van der Waals surface area contributed by atoms with Crippen LogP contribution in [0, 0.1) is 0 Å². The first-order valence-electron chi connectivity index (χ1n) is 8.14. The van der Waals surface area contributed by atoms with Gasteiger partial charge in [0, 0.05) is 33.4 Å². The van der Waals surface area contributed by atoms with Crippen LogP contribution in [-0.4, -0.2) is 54.8 Å². The molecule has 0 bridgehead atoms. The maximum Gasteiger partial charge on any atom is 0.410 e. The van der Waals surface area contributed by atoms with Gasteiger partial charge in [0.05, 0.1) is 11.7 Å². The van der Waals surface area contributed by atoms with E-state index >= 15 is 0 Å². The number of amides is 1. The molecule has 0 saturated carbocycles. The number of ether oxygens (including phenoxy) is 1. The van der Waals surface area contributed by atoms with Gasteiger partial charge in [-0.15, -0.1) is 0 Å². The average Bonchev–Trinajstić information content (AvgIpc) is 2.92. The second-order valence-electron chi connectivity index (χ2n) is 7.12. The van der Waals surface area contributed by atoms with Gasteiger partial charge < -0.3 is 19.9 Å². The number of nitrogens with one attached hydrogen (secondary N) is 1. The molecule has 1 amide bonds. The second kappa shape index (κ2) is 7.06. The molecule has 128 valence electrons. The fourth-order valence-electron chi connectivity index (χ4n) is 2.73. The van der Waals surface area contributed by atoms with Crippen LogP contribution in [0.5, 0.6) is 0 Å². The van der Waals surface area contributed by atoms with Gasteiger partial charge >= 0.3 is 6.09 Å². The van der Waals surface area contributed by atoms with Crippen molar-refractivity contribution in [3.05, 3.63) is 18.3 Å². The Bertz CT molecular complexity index is 540. The number of nitrogens with zero attached hydrogens (tertiary/aromatic N) is 3. The van der Waals surface area contributed by atoms with E-state index in [2.05, 4.69) is 10.3 Å². The number of hydrogen-bond acceptors (Lipinski definition) is 5. The molecule has 1 atom stereocenters. The summed E-state index contributed by atoms with van der Waals surface area (Å²) in [5.41, 5.74) is 0.521. The maximum absolute atomic E-state index is 12.3. The number of rotatable bonds is 4. The molecule has 1 aliphatic rings. The third kappa shape index (κ3) is 4.74. The van der Waals surface area contributed by atoms with Crippen LogP contribution in [0.25, 0.3) is 0 Å². The number of likely N-dealkylation sites (tertiary alicyclic amines) is 1. The first-order chi connectivity index (χ1) is 10.8. The van der Waals surface area contributed by atoms with Gasteiger partial charge in [-0.05, 0) is 45.7 Å². The van der Waals surface area contributed by atoms with Crippen molar-refractivity contribution in [2.45, 2.75) is 45.3 Å². The number of hydrogen-bond donors (Lipinski definition) is 1. The summed E-state index contributed by atoms with van der Waals surface area (Å²) in [7, 11) is 3.94. The van der Waals surface area contributed by atoms with E-state index in [1.54, 1.807) is 6.20 Å². The summed E-state index contributed by atoms with van der Waals surface area (Å²) in [6.45, 7) is 7.15. The van der Waals surface area contributed by atoms with Crippen molar-refractivity contribution in [3.63, 3.8) is 0 Å². The van der Waals surface area contributed by atoms with Gasteiger partial charge in [0.25, 0.3) is 0 Å². The SMILES string of the molecule is CN(C)c1ncccc1NCC1CCCN1C(=O)OC(C)(C)C. The zero-order valence-electron chi connectivity index (χ0n) is 14.8. The molecule has 6 heteroatoms. The van der Waals surface area contributed by atoms with Gasteiger partial charge in [-0.1, -0.05) is 0 Å². The lowest BCUT2D eigenvalue weighted by atomic mass is 10.2. The van der Waals surface area contributed by atoms with Crippen LogP contribution in [0.4, 0.5) is 16.3 Å². The molecule has 0 aromatic carbocycles. The van der Waals surface area contributed by atoms with Crippen LogP contribution >= 0.6 is 0 Å². The molecule has 1 saturated heterocycles. The minimum Gasteiger partial charge on any atom is -0.444 e. The van der Waals surface area contributed by atoms with Gasteiger partial charge in [-0.2, -0.15) is 0 Å². The van der Waals surface area contributed by atoms with Crippen molar-refractivity contribution < 1.29 is 9.53 Å². The number of carbonyl (C=O) groups is 1. The van der Waals surface area contributed by atoms with E-state index in [1.165, 1.54) is 0 Å². The van der Waals surface area contributed by atoms with Crippen molar-refractivity contribution in [2.24, 2.45) is 0 Å². The zero-order chi connectivity index (χ0) is 17.0. The first kappa shape index (κ1) is 17.4. The topological polar surface area (TPSA) is 57.7 Å². The molecule has 0 spiro atoms. The van der Waals surface area contributed by atoms with Crippen LogP contribution in [0.1, 0.15) is 33.6 Å². The summed E-state index contributed by atoms with van der Waals surface area (Å²) in [6, 6.07) is 4.07. The third-order valence-corrected chi connectivity index (χ3v) is 3.74. The van der Waals surface area contributed by atoms with Crippen molar-refractivity contribution in [1.29, 1.82) is 0 Å². The van der Waals surface area contributed by atoms with E-state index in [9.17, 15) is 4.79 Å². The summed E-state index contributed by atoms with van der Waals surface area (Å²) >= 11 is 0. The molecule has 1 aliphatic heterocycles. The molecule has 0 radical (unpaired) electrons. The minimum absolute atomic E-state index is 0.153. The van der Waals surface area contributed by atoms with E-state index in [-0.39, 0.29) is 12.1 Å². The van der Waals surface area contributed by atoms with Crippen molar-refractivity contribution >= 4 is 17.6 Å². The number of aromatic nitrogens is 1. The van der Waals surface area contributed by atoms with Gasteiger partial charge in [0.15, 0.2) is 5.82 Å². The van der Waals surface area contributed by atoms with Crippen molar-refractivity contribution in [3.8, 4) is 0 Å². The van der Waals surface area contributed by atoms with Crippen molar-refractivity contribution in [2.75, 3.05) is 37.4 Å². The molecule has 1 N–H and O–H groups in total. The standard InChI is InChI=1S/C17H28N4O2/c1-17(2,3)23-16(22)21-11-7-8-13(21)12-19-14-9-6-10-18-15(14)20(4)5/h6,9-10,13,19H,7-8,11-12H2,1-5H3. The Labute approximate surface area is 138 Å². The Kier molecular flexibility index (Phi) is 5.34. The van der Waals surface area contributed by atoms with E-state index < -0.39 is 5.60 Å². The number of anilines is 2. The van der Waals surface area contributed by atoms with Crippen molar-refractivity contribution in [1.82, 2.24) is 9.88 Å². The zero-order valence-corrected chi connectivity index (χ0v) is 14.8. The predicted molar refractivity (Wildman–Crippen MR) is 93.0 cm³/mol. The van der Waals surface area contributed by atoms with Gasteiger partial charge in [0.1, 0.15) is 5.60 Å². The minimum atomic E-state index is -0.459. The van der Waals surface area contributed by atoms with Crippen LogP contribution in [0.2, 0.25) is 0 Å². The van der Waals surface area contributed by atoms with Crippen LogP contribution in [0.3, 0.4) is 0 Å². The normalized spacial score (nSPS) is 18.0. The van der Waals surface area contributed by atoms with Crippen LogP contribution < -0.4 is 10.2 Å². The summed E-state index contributed by atoms with van der Waals surface area (Å²) in [5.74, 6) is 0.898. The molecule has 2 heterocycles. The third-order valence-electron chi connectivity index (χ3n) is 3.74. The molecule has 1 unspecified atom stereocenters. The molecular formula is C17H28N4O2. The van der Waals surface area contributed by atoms with Gasteiger partial charge in [-0.25, -0.2) is 9.78 Å². The monoisotopic (exact) mass is 320 g/mol. The van der Waals surface area contributed by atoms with Gasteiger partial charge in [0.2, 0.25) is 0 Å². The Hall–Kier alpha value is -1.98. The van der Waals surface area contributed by atoms with E-state index in [0.717, 1.165) is 30.9 Å². The Morgan fingerprint density at radius 2 is 2.22 bits per heavy atom. The van der Waals surface area contributed by atoms with E-state index in [4.69, 9.17) is 4.74 Å². The molecule has 1 aromatic rings. The van der Waals surface area contributed by atoms with Gasteiger partial charge in [-0.3, -0.25) is 0 Å². The largest absolute Gasteiger partial charge is 0.444 e. The molecule has 1 fully saturated rings. The maximum atomic E-state index is 12.3. The van der Waals surface area contributed by atoms with Crippen LogP contribution in [0.15, 0.2) is 18.3 Å². The molecule has 23 heavy (non-hydrogen) atoms. The number of carbonyl (C=O) groups excluding carboxylic acids is 1. The summed E-state index contributed by atoms with van der Waals surface area (Å²) in [6.07, 6.45) is 3.56. The molecule has 6 nitrogen and oxygen atoms in total. The fraction of sp³-hybridized carbons (Fsp3) is 0.647. The number of pyridine rings is 1. The highest BCUT2D eigenvalue weighted by molar-refractivity contribution is 5.69. The Morgan fingerprint density at radius 1 is 1.48 bits per heavy atom. The van der Waals surface area contributed by atoms with E-state index in [0.29, 0.717) is 6.54 Å². The predicted octanol–water partition coefficient (Wildman–Crippen LogP) is 2.96. The summed E-state index contributed by atoms with van der Waals surface area (Å²) in [4.78, 5) is 20.5. The highest BCUT2D eigenvalue weighted by Crippen LogP contribution is 2.24. The molecule has 1 aromatic heterocycles. The summed E-state index contributed by atoms with van der Waals surface area (Å²) < 4.78 is 5.50. The summed E-state index contributed by atoms with van der Waals surface area (Å²) in [5, 5.41) is 3.43. The Morgan fingerprint density at radius 3 is 2.87 bits per heavy atom. The lowest BCUT2D eigenvalue weighted by Gasteiger charge is -2.29. The quantitative estimate of drug-likeness (QED) is 0.924. The second-order valence-corrected chi connectivity index (χ2v) is 7.12. The fourth-order valence-corrected chi connectivity index (χ4v) is 2.73. The molecule has 0 aliphatic carbocycles. The molecular weight excluding hydrogens is 292 g/mol. The van der Waals surface area contributed by atoms with E-state index in [1.807, 2.05) is 56.8 Å².